The molecule has 0 atom stereocenters. The topological polar surface area (TPSA) is 49.6 Å². The van der Waals surface area contributed by atoms with Gasteiger partial charge in [-0.15, -0.1) is 0 Å². The highest BCUT2D eigenvalue weighted by Gasteiger charge is 2.39. The maximum atomic E-state index is 13.7. The molecule has 1 heterocycles. The molecule has 1 aliphatic heterocycles. The Morgan fingerprint density at radius 3 is 1.73 bits per heavy atom. The van der Waals surface area contributed by atoms with E-state index >= 15 is 0 Å². The van der Waals surface area contributed by atoms with Crippen LogP contribution in [0, 0.1) is 5.41 Å². The molecule has 0 unspecified atom stereocenters. The van der Waals surface area contributed by atoms with Crippen molar-refractivity contribution >= 4 is 5.91 Å². The summed E-state index contributed by atoms with van der Waals surface area (Å²) in [6.45, 7) is 3.95. The molecule has 2 aromatic carbocycles. The van der Waals surface area contributed by atoms with Gasteiger partial charge in [-0.3, -0.25) is 4.79 Å². The Morgan fingerprint density at radius 1 is 0.833 bits per heavy atom. The van der Waals surface area contributed by atoms with Gasteiger partial charge >= 0.3 is 0 Å². The zero-order valence-corrected chi connectivity index (χ0v) is 18.4. The lowest BCUT2D eigenvalue weighted by atomic mass is 9.76. The number of carbonyl (C=O) groups is 1. The SMILES string of the molecule is CN1CCN(C(=O)C(CN)(CCCc2ccccc2)CCCc2ccccc2)CC1. The molecular formula is C26H37N3O. The maximum absolute atomic E-state index is 13.7. The molecule has 1 fully saturated rings. The molecule has 1 amide bonds. The van der Waals surface area contributed by atoms with Gasteiger partial charge in [0, 0.05) is 32.7 Å². The highest BCUT2D eigenvalue weighted by Crippen LogP contribution is 2.33. The lowest BCUT2D eigenvalue weighted by molar-refractivity contribution is -0.144. The van der Waals surface area contributed by atoms with Gasteiger partial charge in [-0.1, -0.05) is 60.7 Å². The average molecular weight is 408 g/mol. The van der Waals surface area contributed by atoms with E-state index in [4.69, 9.17) is 5.73 Å². The van der Waals surface area contributed by atoms with Gasteiger partial charge in [0.25, 0.3) is 0 Å². The number of benzene rings is 2. The zero-order valence-electron chi connectivity index (χ0n) is 18.4. The Kier molecular flexibility index (Phi) is 8.47. The van der Waals surface area contributed by atoms with E-state index in [-0.39, 0.29) is 5.91 Å². The predicted octanol–water partition coefficient (Wildman–Crippen LogP) is 3.75. The third-order valence-electron chi connectivity index (χ3n) is 6.56. The number of amides is 1. The standard InChI is InChI=1S/C26H37N3O/c1-28-18-20-29(21-19-28)25(30)26(22-27,16-8-14-23-10-4-2-5-11-23)17-9-15-24-12-6-3-7-13-24/h2-7,10-13H,8-9,14-22,27H2,1H3. The number of nitrogens with zero attached hydrogens (tertiary/aromatic N) is 2. The third-order valence-corrected chi connectivity index (χ3v) is 6.56. The summed E-state index contributed by atoms with van der Waals surface area (Å²) in [7, 11) is 2.12. The first kappa shape index (κ1) is 22.5. The fourth-order valence-corrected chi connectivity index (χ4v) is 4.53. The van der Waals surface area contributed by atoms with Crippen molar-refractivity contribution in [3.8, 4) is 0 Å². The average Bonchev–Trinajstić information content (AvgIpc) is 2.79. The van der Waals surface area contributed by atoms with Crippen molar-refractivity contribution < 1.29 is 4.79 Å². The van der Waals surface area contributed by atoms with Crippen molar-refractivity contribution in [2.75, 3.05) is 39.8 Å². The summed E-state index contributed by atoms with van der Waals surface area (Å²) in [5, 5.41) is 0. The van der Waals surface area contributed by atoms with Gasteiger partial charge in [0.05, 0.1) is 5.41 Å². The zero-order chi connectivity index (χ0) is 21.2. The van der Waals surface area contributed by atoms with E-state index in [0.717, 1.165) is 64.7 Å². The Bertz CT molecular complexity index is 709. The van der Waals surface area contributed by atoms with E-state index in [1.54, 1.807) is 0 Å². The van der Waals surface area contributed by atoms with E-state index in [2.05, 4.69) is 65.4 Å². The first-order chi connectivity index (χ1) is 14.6. The van der Waals surface area contributed by atoms with E-state index in [0.29, 0.717) is 6.54 Å². The first-order valence-corrected chi connectivity index (χ1v) is 11.4. The molecule has 4 heteroatoms. The van der Waals surface area contributed by atoms with Crippen LogP contribution in [-0.4, -0.2) is 55.5 Å². The lowest BCUT2D eigenvalue weighted by Gasteiger charge is -2.40. The maximum Gasteiger partial charge on any atom is 0.230 e. The van der Waals surface area contributed by atoms with Crippen LogP contribution in [0.2, 0.25) is 0 Å². The number of likely N-dealkylation sites (N-methyl/N-ethyl adjacent to an activating group) is 1. The molecule has 0 saturated carbocycles. The van der Waals surface area contributed by atoms with Gasteiger partial charge < -0.3 is 15.5 Å². The molecule has 30 heavy (non-hydrogen) atoms. The summed E-state index contributed by atoms with van der Waals surface area (Å²) >= 11 is 0. The van der Waals surface area contributed by atoms with Crippen LogP contribution in [-0.2, 0) is 17.6 Å². The lowest BCUT2D eigenvalue weighted by Crippen LogP contribution is -2.54. The molecule has 2 aromatic rings. The van der Waals surface area contributed by atoms with Gasteiger partial charge in [0.2, 0.25) is 5.91 Å². The summed E-state index contributed by atoms with van der Waals surface area (Å²) in [6, 6.07) is 21.1. The van der Waals surface area contributed by atoms with E-state index in [1.165, 1.54) is 11.1 Å². The van der Waals surface area contributed by atoms with Crippen molar-refractivity contribution in [2.45, 2.75) is 38.5 Å². The van der Waals surface area contributed by atoms with Gasteiger partial charge in [0.15, 0.2) is 0 Å². The van der Waals surface area contributed by atoms with Crippen LogP contribution in [0.5, 0.6) is 0 Å². The monoisotopic (exact) mass is 407 g/mol. The Labute approximate surface area is 182 Å². The molecule has 2 N–H and O–H groups in total. The number of hydrogen-bond donors (Lipinski definition) is 1. The van der Waals surface area contributed by atoms with Crippen molar-refractivity contribution in [2.24, 2.45) is 11.1 Å². The smallest absolute Gasteiger partial charge is 0.230 e. The Balaban J connectivity index is 1.66. The second-order valence-corrected chi connectivity index (χ2v) is 8.76. The molecule has 4 nitrogen and oxygen atoms in total. The molecule has 0 radical (unpaired) electrons. The van der Waals surface area contributed by atoms with Crippen LogP contribution >= 0.6 is 0 Å². The van der Waals surface area contributed by atoms with Crippen LogP contribution < -0.4 is 5.73 Å². The van der Waals surface area contributed by atoms with Crippen molar-refractivity contribution in [3.63, 3.8) is 0 Å². The highest BCUT2D eigenvalue weighted by atomic mass is 16.2. The summed E-state index contributed by atoms with van der Waals surface area (Å²) in [5.41, 5.74) is 8.56. The second-order valence-electron chi connectivity index (χ2n) is 8.76. The normalized spacial score (nSPS) is 15.3. The second kappa shape index (κ2) is 11.3. The largest absolute Gasteiger partial charge is 0.340 e. The molecule has 0 spiro atoms. The molecule has 162 valence electrons. The summed E-state index contributed by atoms with van der Waals surface area (Å²) < 4.78 is 0. The minimum Gasteiger partial charge on any atom is -0.340 e. The van der Waals surface area contributed by atoms with Crippen molar-refractivity contribution in [3.05, 3.63) is 71.8 Å². The summed E-state index contributed by atoms with van der Waals surface area (Å²) in [6.07, 6.45) is 5.70. The first-order valence-electron chi connectivity index (χ1n) is 11.4. The van der Waals surface area contributed by atoms with Crippen LogP contribution in [0.4, 0.5) is 0 Å². The highest BCUT2D eigenvalue weighted by molar-refractivity contribution is 5.83. The van der Waals surface area contributed by atoms with Crippen LogP contribution in [0.15, 0.2) is 60.7 Å². The molecule has 0 aromatic heterocycles. The Morgan fingerprint density at radius 2 is 1.30 bits per heavy atom. The molecule has 0 aliphatic carbocycles. The van der Waals surface area contributed by atoms with E-state index in [1.807, 2.05) is 12.1 Å². The van der Waals surface area contributed by atoms with Crippen LogP contribution in [0.25, 0.3) is 0 Å². The fourth-order valence-electron chi connectivity index (χ4n) is 4.53. The summed E-state index contributed by atoms with van der Waals surface area (Å²) in [5.74, 6) is 0.277. The van der Waals surface area contributed by atoms with Crippen molar-refractivity contribution in [1.29, 1.82) is 0 Å². The van der Waals surface area contributed by atoms with Gasteiger partial charge in [0.1, 0.15) is 0 Å². The molecular weight excluding hydrogens is 370 g/mol. The third kappa shape index (κ3) is 6.16. The number of nitrogens with two attached hydrogens (primary N) is 1. The number of piperazine rings is 1. The number of hydrogen-bond acceptors (Lipinski definition) is 3. The number of rotatable bonds is 10. The molecule has 1 saturated heterocycles. The Hall–Kier alpha value is -2.17. The minimum absolute atomic E-state index is 0.277. The van der Waals surface area contributed by atoms with E-state index in [9.17, 15) is 4.79 Å². The predicted molar refractivity (Wildman–Crippen MR) is 124 cm³/mol. The minimum atomic E-state index is -0.445. The number of aryl methyl sites for hydroxylation is 2. The van der Waals surface area contributed by atoms with Crippen molar-refractivity contribution in [1.82, 2.24) is 9.80 Å². The van der Waals surface area contributed by atoms with Gasteiger partial charge in [-0.2, -0.15) is 0 Å². The fraction of sp³-hybridized carbons (Fsp3) is 0.500. The van der Waals surface area contributed by atoms with Gasteiger partial charge in [-0.25, -0.2) is 0 Å². The number of carbonyl (C=O) groups excluding carboxylic acids is 1. The molecule has 0 bridgehead atoms. The quantitative estimate of drug-likeness (QED) is 0.653. The summed E-state index contributed by atoms with van der Waals surface area (Å²) in [4.78, 5) is 18.0. The van der Waals surface area contributed by atoms with Crippen LogP contribution in [0.3, 0.4) is 0 Å². The van der Waals surface area contributed by atoms with Crippen LogP contribution in [0.1, 0.15) is 36.8 Å². The molecule has 1 aliphatic rings. The van der Waals surface area contributed by atoms with E-state index < -0.39 is 5.41 Å². The van der Waals surface area contributed by atoms with Gasteiger partial charge in [-0.05, 0) is 56.7 Å². The molecule has 3 rings (SSSR count).